The standard InChI is InChI=1S/C12H15N3O2/c1-2-7-17-9-11-6-4-3-5-10(11)8-14-15-12(13)16/h2-6,8H,1,7,9H2,(H3,13,15,16). The summed E-state index contributed by atoms with van der Waals surface area (Å²) in [4.78, 5) is 10.4. The number of hydrogen-bond donors (Lipinski definition) is 2. The van der Waals surface area contributed by atoms with E-state index < -0.39 is 6.03 Å². The molecule has 17 heavy (non-hydrogen) atoms. The lowest BCUT2D eigenvalue weighted by Crippen LogP contribution is -2.24. The molecule has 0 aliphatic carbocycles. The van der Waals surface area contributed by atoms with E-state index in [1.165, 1.54) is 6.21 Å². The molecule has 0 saturated carbocycles. The molecule has 3 N–H and O–H groups in total. The second-order valence-electron chi connectivity index (χ2n) is 3.24. The third-order valence-electron chi connectivity index (χ3n) is 1.93. The van der Waals surface area contributed by atoms with Crippen LogP contribution in [0.2, 0.25) is 0 Å². The highest BCUT2D eigenvalue weighted by atomic mass is 16.5. The summed E-state index contributed by atoms with van der Waals surface area (Å²) in [6, 6.07) is 6.89. The molecule has 0 bridgehead atoms. The maximum absolute atomic E-state index is 10.4. The minimum absolute atomic E-state index is 0.463. The number of amides is 2. The van der Waals surface area contributed by atoms with Gasteiger partial charge < -0.3 is 10.5 Å². The smallest absolute Gasteiger partial charge is 0.332 e. The summed E-state index contributed by atoms with van der Waals surface area (Å²) in [6.07, 6.45) is 3.21. The van der Waals surface area contributed by atoms with E-state index in [-0.39, 0.29) is 0 Å². The van der Waals surface area contributed by atoms with Crippen LogP contribution in [0.25, 0.3) is 0 Å². The number of nitrogens with two attached hydrogens (primary N) is 1. The average Bonchev–Trinajstić information content (AvgIpc) is 2.31. The van der Waals surface area contributed by atoms with Crippen molar-refractivity contribution in [3.63, 3.8) is 0 Å². The first-order valence-electron chi connectivity index (χ1n) is 5.09. The van der Waals surface area contributed by atoms with Crippen LogP contribution in [0, 0.1) is 0 Å². The van der Waals surface area contributed by atoms with Crippen LogP contribution in [-0.2, 0) is 11.3 Å². The Kier molecular flexibility index (Phi) is 5.46. The first-order chi connectivity index (χ1) is 8.24. The third kappa shape index (κ3) is 4.94. The Morgan fingerprint density at radius 1 is 1.53 bits per heavy atom. The molecule has 0 saturated heterocycles. The predicted octanol–water partition coefficient (Wildman–Crippen LogP) is 1.39. The van der Waals surface area contributed by atoms with Gasteiger partial charge in [0.15, 0.2) is 0 Å². The maximum atomic E-state index is 10.4. The molecule has 2 amide bonds. The Balaban J connectivity index is 2.66. The molecule has 0 aliphatic heterocycles. The molecular weight excluding hydrogens is 218 g/mol. The largest absolute Gasteiger partial charge is 0.373 e. The Bertz CT molecular complexity index is 416. The second kappa shape index (κ2) is 7.19. The van der Waals surface area contributed by atoms with Crippen molar-refractivity contribution in [3.8, 4) is 0 Å². The molecule has 0 fully saturated rings. The molecule has 5 nitrogen and oxygen atoms in total. The Morgan fingerprint density at radius 2 is 2.29 bits per heavy atom. The lowest BCUT2D eigenvalue weighted by molar-refractivity contribution is 0.149. The topological polar surface area (TPSA) is 76.7 Å². The number of primary amides is 1. The van der Waals surface area contributed by atoms with Gasteiger partial charge in [-0.2, -0.15) is 5.10 Å². The highest BCUT2D eigenvalue weighted by Gasteiger charge is 1.98. The number of nitrogens with zero attached hydrogens (tertiary/aromatic N) is 1. The number of urea groups is 1. The number of ether oxygens (including phenoxy) is 1. The molecule has 1 aromatic carbocycles. The SMILES string of the molecule is C=CCOCc1ccccc1C=NNC(N)=O. The molecular formula is C12H15N3O2. The number of carbonyl (C=O) groups excluding carboxylic acids is 1. The van der Waals surface area contributed by atoms with Gasteiger partial charge in [-0.3, -0.25) is 0 Å². The van der Waals surface area contributed by atoms with Gasteiger partial charge in [-0.1, -0.05) is 30.3 Å². The van der Waals surface area contributed by atoms with Gasteiger partial charge in [0, 0.05) is 5.56 Å². The Morgan fingerprint density at radius 3 is 3.00 bits per heavy atom. The van der Waals surface area contributed by atoms with Crippen LogP contribution in [0.3, 0.4) is 0 Å². The lowest BCUT2D eigenvalue weighted by Gasteiger charge is -2.05. The van der Waals surface area contributed by atoms with E-state index in [1.54, 1.807) is 6.08 Å². The fourth-order valence-electron chi connectivity index (χ4n) is 1.21. The quantitative estimate of drug-likeness (QED) is 0.337. The van der Waals surface area contributed by atoms with Crippen LogP contribution < -0.4 is 11.2 Å². The summed E-state index contributed by atoms with van der Waals surface area (Å²) in [6.45, 7) is 4.52. The van der Waals surface area contributed by atoms with Crippen molar-refractivity contribution < 1.29 is 9.53 Å². The zero-order valence-electron chi connectivity index (χ0n) is 9.43. The Labute approximate surface area is 100.0 Å². The van der Waals surface area contributed by atoms with Crippen molar-refractivity contribution >= 4 is 12.2 Å². The summed E-state index contributed by atoms with van der Waals surface area (Å²) < 4.78 is 5.35. The minimum atomic E-state index is -0.693. The second-order valence-corrected chi connectivity index (χ2v) is 3.24. The van der Waals surface area contributed by atoms with Crippen LogP contribution in [0.15, 0.2) is 42.0 Å². The molecule has 5 heteroatoms. The average molecular weight is 233 g/mol. The van der Waals surface area contributed by atoms with Gasteiger partial charge in [-0.25, -0.2) is 10.2 Å². The fourth-order valence-corrected chi connectivity index (χ4v) is 1.21. The highest BCUT2D eigenvalue weighted by molar-refractivity contribution is 5.83. The van der Waals surface area contributed by atoms with Gasteiger partial charge in [0.2, 0.25) is 0 Å². The van der Waals surface area contributed by atoms with Gasteiger partial charge in [0.25, 0.3) is 0 Å². The van der Waals surface area contributed by atoms with Crippen molar-refractivity contribution in [1.29, 1.82) is 0 Å². The van der Waals surface area contributed by atoms with E-state index in [4.69, 9.17) is 10.5 Å². The van der Waals surface area contributed by atoms with E-state index >= 15 is 0 Å². The molecule has 0 heterocycles. The predicted molar refractivity (Wildman–Crippen MR) is 66.6 cm³/mol. The van der Waals surface area contributed by atoms with Crippen LogP contribution in [0.4, 0.5) is 4.79 Å². The molecule has 0 aliphatic rings. The number of benzene rings is 1. The van der Waals surface area contributed by atoms with Gasteiger partial charge in [0.05, 0.1) is 19.4 Å². The number of hydrogen-bond acceptors (Lipinski definition) is 3. The third-order valence-corrected chi connectivity index (χ3v) is 1.93. The molecule has 90 valence electrons. The molecule has 0 aromatic heterocycles. The molecule has 0 spiro atoms. The molecule has 0 atom stereocenters. The summed E-state index contributed by atoms with van der Waals surface area (Å²) in [5, 5.41) is 3.70. The van der Waals surface area contributed by atoms with Crippen LogP contribution in [-0.4, -0.2) is 18.9 Å². The highest BCUT2D eigenvalue weighted by Crippen LogP contribution is 2.07. The van der Waals surface area contributed by atoms with Gasteiger partial charge in [-0.05, 0) is 5.56 Å². The molecule has 0 radical (unpaired) electrons. The van der Waals surface area contributed by atoms with Crippen molar-refractivity contribution in [3.05, 3.63) is 48.0 Å². The van der Waals surface area contributed by atoms with Crippen molar-refractivity contribution in [2.75, 3.05) is 6.61 Å². The van der Waals surface area contributed by atoms with E-state index in [2.05, 4.69) is 17.1 Å². The van der Waals surface area contributed by atoms with Crippen molar-refractivity contribution in [2.45, 2.75) is 6.61 Å². The zero-order valence-corrected chi connectivity index (χ0v) is 9.43. The van der Waals surface area contributed by atoms with Gasteiger partial charge >= 0.3 is 6.03 Å². The molecule has 1 aromatic rings. The van der Waals surface area contributed by atoms with Gasteiger partial charge in [-0.15, -0.1) is 6.58 Å². The van der Waals surface area contributed by atoms with E-state index in [9.17, 15) is 4.79 Å². The zero-order chi connectivity index (χ0) is 12.5. The van der Waals surface area contributed by atoms with E-state index in [1.807, 2.05) is 24.3 Å². The summed E-state index contributed by atoms with van der Waals surface area (Å²) in [7, 11) is 0. The van der Waals surface area contributed by atoms with Gasteiger partial charge in [0.1, 0.15) is 0 Å². The molecule has 0 unspecified atom stereocenters. The van der Waals surface area contributed by atoms with Crippen LogP contribution in [0.5, 0.6) is 0 Å². The van der Waals surface area contributed by atoms with Crippen molar-refractivity contribution in [1.82, 2.24) is 5.43 Å². The minimum Gasteiger partial charge on any atom is -0.373 e. The normalized spacial score (nSPS) is 10.4. The van der Waals surface area contributed by atoms with E-state index in [0.717, 1.165) is 11.1 Å². The van der Waals surface area contributed by atoms with Crippen LogP contribution in [0.1, 0.15) is 11.1 Å². The fraction of sp³-hybridized carbons (Fsp3) is 0.167. The number of nitrogens with one attached hydrogen (secondary N) is 1. The van der Waals surface area contributed by atoms with E-state index in [0.29, 0.717) is 13.2 Å². The summed E-state index contributed by atoms with van der Waals surface area (Å²) in [5.41, 5.74) is 8.88. The monoisotopic (exact) mass is 233 g/mol. The lowest BCUT2D eigenvalue weighted by atomic mass is 10.1. The van der Waals surface area contributed by atoms with Crippen molar-refractivity contribution in [2.24, 2.45) is 10.8 Å². The number of rotatable bonds is 6. The molecule has 1 rings (SSSR count). The Hall–Kier alpha value is -2.14. The number of carbonyl (C=O) groups is 1. The first-order valence-corrected chi connectivity index (χ1v) is 5.09. The maximum Gasteiger partial charge on any atom is 0.332 e. The van der Waals surface area contributed by atoms with Crippen LogP contribution >= 0.6 is 0 Å². The first kappa shape index (κ1) is 12.9. The number of hydrazone groups is 1. The summed E-state index contributed by atoms with van der Waals surface area (Å²) in [5.74, 6) is 0. The summed E-state index contributed by atoms with van der Waals surface area (Å²) >= 11 is 0.